The van der Waals surface area contributed by atoms with Crippen molar-refractivity contribution in [2.24, 2.45) is 0 Å². The van der Waals surface area contributed by atoms with Crippen molar-refractivity contribution < 1.29 is 0 Å². The summed E-state index contributed by atoms with van der Waals surface area (Å²) in [5, 5.41) is 5.61. The maximum absolute atomic E-state index is 5.77. The van der Waals surface area contributed by atoms with Gasteiger partial charge in [0, 0.05) is 7.05 Å². The summed E-state index contributed by atoms with van der Waals surface area (Å²) in [6, 6.07) is 0. The van der Waals surface area contributed by atoms with Gasteiger partial charge in [-0.1, -0.05) is 25.1 Å². The normalized spacial score (nSPS) is 9.92. The van der Waals surface area contributed by atoms with Crippen LogP contribution in [0.3, 0.4) is 0 Å². The van der Waals surface area contributed by atoms with Crippen LogP contribution in [0.1, 0.15) is 17.6 Å². The molecule has 0 unspecified atom stereocenters. The first-order valence-corrected chi connectivity index (χ1v) is 4.90. The zero-order chi connectivity index (χ0) is 9.14. The number of hydrogen-bond donors (Lipinski definition) is 1. The minimum Gasteiger partial charge on any atom is -0.378 e. The molecule has 0 aliphatic carbocycles. The van der Waals surface area contributed by atoms with Crippen molar-refractivity contribution in [2.75, 3.05) is 12.4 Å². The third kappa shape index (κ3) is 1.79. The summed E-state index contributed by atoms with van der Waals surface area (Å²) in [4.78, 5) is 4.32. The summed E-state index contributed by atoms with van der Waals surface area (Å²) in [5.74, 6) is 0. The average molecular weight is 203 g/mol. The van der Waals surface area contributed by atoms with Crippen LogP contribution in [0, 0.1) is 0 Å². The Morgan fingerprint density at radius 3 is 2.75 bits per heavy atom. The number of aromatic nitrogens is 1. The first kappa shape index (κ1) is 9.55. The topological polar surface area (TPSA) is 24.9 Å². The quantitative estimate of drug-likeness (QED) is 0.816. The van der Waals surface area contributed by atoms with Gasteiger partial charge in [0.15, 0.2) is 0 Å². The minimum absolute atomic E-state index is 0.496. The Kier molecular flexibility index (Phi) is 3.12. The van der Waals surface area contributed by atoms with Gasteiger partial charge in [-0.3, -0.25) is 0 Å². The van der Waals surface area contributed by atoms with Crippen molar-refractivity contribution in [1.29, 1.82) is 0 Å². The van der Waals surface area contributed by atoms with Gasteiger partial charge >= 0.3 is 0 Å². The van der Waals surface area contributed by atoms with Crippen molar-refractivity contribution in [3.8, 4) is 0 Å². The number of nitrogens with one attached hydrogen (secondary N) is 1. The van der Waals surface area contributed by atoms with Crippen LogP contribution in [0.5, 0.6) is 0 Å². The molecule has 1 aromatic rings. The molecule has 0 spiro atoms. The van der Waals surface area contributed by atoms with Crippen LogP contribution in [-0.2, 0) is 6.42 Å². The minimum atomic E-state index is 0.496. The van der Waals surface area contributed by atoms with Crippen molar-refractivity contribution >= 4 is 33.0 Å². The van der Waals surface area contributed by atoms with E-state index in [0.717, 1.165) is 22.1 Å². The molecule has 2 nitrogen and oxygen atoms in total. The lowest BCUT2D eigenvalue weighted by Crippen LogP contribution is -1.88. The Hall–Kier alpha value is -0.540. The summed E-state index contributed by atoms with van der Waals surface area (Å²) < 4.78 is 0. The summed E-state index contributed by atoms with van der Waals surface area (Å²) in [6.45, 7) is 5.72. The smallest absolute Gasteiger partial charge is 0.117 e. The summed E-state index contributed by atoms with van der Waals surface area (Å²) in [6.07, 6.45) is 0.934. The van der Waals surface area contributed by atoms with Crippen LogP contribution in [-0.4, -0.2) is 12.0 Å². The molecule has 12 heavy (non-hydrogen) atoms. The maximum atomic E-state index is 5.77. The molecule has 1 N–H and O–H groups in total. The second kappa shape index (κ2) is 3.92. The molecule has 0 aliphatic rings. The van der Waals surface area contributed by atoms with E-state index in [0.29, 0.717) is 5.03 Å². The lowest BCUT2D eigenvalue weighted by molar-refractivity contribution is 1.09. The SMILES string of the molecule is C=C(Cl)c1nc(CC)sc1NC. The highest BCUT2D eigenvalue weighted by Crippen LogP contribution is 2.30. The van der Waals surface area contributed by atoms with Crippen LogP contribution in [0.4, 0.5) is 5.00 Å². The van der Waals surface area contributed by atoms with Gasteiger partial charge in [-0.25, -0.2) is 4.98 Å². The molecule has 0 aliphatic heterocycles. The van der Waals surface area contributed by atoms with Crippen LogP contribution in [0.2, 0.25) is 0 Å². The fourth-order valence-corrected chi connectivity index (χ4v) is 1.95. The number of thiazole rings is 1. The van der Waals surface area contributed by atoms with Crippen molar-refractivity contribution in [2.45, 2.75) is 13.3 Å². The number of nitrogens with zero attached hydrogens (tertiary/aromatic N) is 1. The van der Waals surface area contributed by atoms with E-state index in [9.17, 15) is 0 Å². The third-order valence-corrected chi connectivity index (χ3v) is 2.85. The van der Waals surface area contributed by atoms with Gasteiger partial charge in [-0.2, -0.15) is 0 Å². The van der Waals surface area contributed by atoms with Crippen LogP contribution in [0.25, 0.3) is 5.03 Å². The van der Waals surface area contributed by atoms with E-state index in [1.807, 2.05) is 7.05 Å². The second-order valence-corrected chi connectivity index (χ2v) is 3.83. The molecule has 0 aromatic carbocycles. The molecule has 66 valence electrons. The molecular formula is C8H11ClN2S. The Balaban J connectivity index is 3.08. The summed E-state index contributed by atoms with van der Waals surface area (Å²) in [5.41, 5.74) is 0.779. The number of halogens is 1. The van der Waals surface area contributed by atoms with E-state index in [1.54, 1.807) is 11.3 Å². The monoisotopic (exact) mass is 202 g/mol. The predicted molar refractivity (Wildman–Crippen MR) is 55.9 cm³/mol. The van der Waals surface area contributed by atoms with Gasteiger partial charge in [-0.15, -0.1) is 11.3 Å². The lowest BCUT2D eigenvalue weighted by atomic mass is 10.4. The Morgan fingerprint density at radius 1 is 1.75 bits per heavy atom. The molecule has 1 aromatic heterocycles. The maximum Gasteiger partial charge on any atom is 0.117 e. The average Bonchev–Trinajstić information content (AvgIpc) is 2.47. The molecule has 0 bridgehead atoms. The number of hydrogen-bond acceptors (Lipinski definition) is 3. The molecule has 0 fully saturated rings. The second-order valence-electron chi connectivity index (χ2n) is 2.29. The fourth-order valence-electron chi connectivity index (χ4n) is 0.869. The molecule has 0 saturated carbocycles. The van der Waals surface area contributed by atoms with E-state index in [-0.39, 0.29) is 0 Å². The first-order chi connectivity index (χ1) is 5.69. The van der Waals surface area contributed by atoms with E-state index in [4.69, 9.17) is 11.6 Å². The molecule has 0 atom stereocenters. The first-order valence-electron chi connectivity index (χ1n) is 3.71. The van der Waals surface area contributed by atoms with Crippen LogP contribution in [0.15, 0.2) is 6.58 Å². The Labute approximate surface area is 81.3 Å². The molecule has 1 heterocycles. The zero-order valence-electron chi connectivity index (χ0n) is 7.15. The summed E-state index contributed by atoms with van der Waals surface area (Å²) in [7, 11) is 1.86. The van der Waals surface area contributed by atoms with E-state index < -0.39 is 0 Å². The standard InChI is InChI=1S/C8H11ClN2S/c1-4-6-11-7(5(2)9)8(10-3)12-6/h10H,2,4H2,1,3H3. The molecule has 4 heteroatoms. The Bertz CT molecular complexity index is 293. The van der Waals surface area contributed by atoms with Crippen molar-refractivity contribution in [3.63, 3.8) is 0 Å². The highest BCUT2D eigenvalue weighted by molar-refractivity contribution is 7.16. The Morgan fingerprint density at radius 2 is 2.42 bits per heavy atom. The van der Waals surface area contributed by atoms with Gasteiger partial charge in [0.1, 0.15) is 10.7 Å². The summed E-state index contributed by atoms with van der Waals surface area (Å²) >= 11 is 7.39. The zero-order valence-corrected chi connectivity index (χ0v) is 8.72. The molecular weight excluding hydrogens is 192 g/mol. The number of anilines is 1. The third-order valence-electron chi connectivity index (χ3n) is 1.46. The molecule has 0 radical (unpaired) electrons. The van der Waals surface area contributed by atoms with Gasteiger partial charge < -0.3 is 5.32 Å². The van der Waals surface area contributed by atoms with E-state index >= 15 is 0 Å². The van der Waals surface area contributed by atoms with Crippen LogP contribution >= 0.6 is 22.9 Å². The van der Waals surface area contributed by atoms with Gasteiger partial charge in [0.25, 0.3) is 0 Å². The molecule has 0 amide bonds. The largest absolute Gasteiger partial charge is 0.378 e. The number of rotatable bonds is 3. The van der Waals surface area contributed by atoms with Gasteiger partial charge in [0.2, 0.25) is 0 Å². The highest BCUT2D eigenvalue weighted by Gasteiger charge is 2.09. The van der Waals surface area contributed by atoms with Gasteiger partial charge in [-0.05, 0) is 6.42 Å². The highest BCUT2D eigenvalue weighted by atomic mass is 35.5. The van der Waals surface area contributed by atoms with Gasteiger partial charge in [0.05, 0.1) is 10.0 Å². The van der Waals surface area contributed by atoms with Crippen LogP contribution < -0.4 is 5.32 Å². The van der Waals surface area contributed by atoms with Crippen molar-refractivity contribution in [3.05, 3.63) is 17.3 Å². The van der Waals surface area contributed by atoms with E-state index in [2.05, 4.69) is 23.8 Å². The fraction of sp³-hybridized carbons (Fsp3) is 0.375. The lowest BCUT2D eigenvalue weighted by Gasteiger charge is -1.95. The predicted octanol–water partition coefficient (Wildman–Crippen LogP) is 2.96. The van der Waals surface area contributed by atoms with Crippen molar-refractivity contribution in [1.82, 2.24) is 4.98 Å². The molecule has 1 rings (SSSR count). The van der Waals surface area contributed by atoms with E-state index in [1.165, 1.54) is 0 Å². The number of aryl methyl sites for hydroxylation is 1. The molecule has 0 saturated heterocycles.